The molecule has 0 aliphatic heterocycles. The van der Waals surface area contributed by atoms with Crippen molar-refractivity contribution in [1.29, 1.82) is 0 Å². The summed E-state index contributed by atoms with van der Waals surface area (Å²) in [5.41, 5.74) is 2.15. The van der Waals surface area contributed by atoms with E-state index in [-0.39, 0.29) is 5.97 Å². The van der Waals surface area contributed by atoms with E-state index in [0.717, 1.165) is 12.0 Å². The van der Waals surface area contributed by atoms with Gasteiger partial charge in [-0.1, -0.05) is 30.3 Å². The highest BCUT2D eigenvalue weighted by atomic mass is 16.5. The molecule has 14 heavy (non-hydrogen) atoms. The predicted molar refractivity (Wildman–Crippen MR) is 56.1 cm³/mol. The summed E-state index contributed by atoms with van der Waals surface area (Å²) in [6.07, 6.45) is 3.01. The molecule has 0 saturated carbocycles. The van der Waals surface area contributed by atoms with Crippen LogP contribution in [0.1, 0.15) is 11.1 Å². The van der Waals surface area contributed by atoms with Gasteiger partial charge in [-0.15, -0.1) is 6.58 Å². The van der Waals surface area contributed by atoms with Gasteiger partial charge >= 0.3 is 5.97 Å². The molecule has 0 unspecified atom stereocenters. The van der Waals surface area contributed by atoms with Crippen molar-refractivity contribution in [2.24, 2.45) is 0 Å². The Morgan fingerprint density at radius 3 is 2.86 bits per heavy atom. The van der Waals surface area contributed by atoms with Crippen molar-refractivity contribution in [3.63, 3.8) is 0 Å². The minimum Gasteiger partial charge on any atom is -0.469 e. The molecule has 1 rings (SSSR count). The highest BCUT2D eigenvalue weighted by Crippen LogP contribution is 2.07. The van der Waals surface area contributed by atoms with E-state index < -0.39 is 0 Å². The fourth-order valence-corrected chi connectivity index (χ4v) is 1.27. The molecule has 0 aromatic heterocycles. The van der Waals surface area contributed by atoms with E-state index in [0.29, 0.717) is 6.42 Å². The van der Waals surface area contributed by atoms with E-state index in [2.05, 4.69) is 11.3 Å². The highest BCUT2D eigenvalue weighted by Gasteiger charge is 2.02. The van der Waals surface area contributed by atoms with E-state index >= 15 is 0 Å². The second-order valence-electron chi connectivity index (χ2n) is 3.07. The standard InChI is InChI=1S/C12H14O2/c1-3-5-10-6-4-7-11(8-10)9-12(13)14-2/h3-4,6-8H,1,5,9H2,2H3. The summed E-state index contributed by atoms with van der Waals surface area (Å²) in [5, 5.41) is 0. The lowest BCUT2D eigenvalue weighted by molar-refractivity contribution is -0.139. The molecule has 74 valence electrons. The summed E-state index contributed by atoms with van der Waals surface area (Å²) in [6.45, 7) is 3.67. The quantitative estimate of drug-likeness (QED) is 0.537. The molecule has 2 heteroatoms. The predicted octanol–water partition coefficient (Wildman–Crippen LogP) is 2.13. The van der Waals surface area contributed by atoms with Crippen LogP contribution in [0.2, 0.25) is 0 Å². The molecule has 0 aliphatic rings. The van der Waals surface area contributed by atoms with Gasteiger partial charge in [-0.3, -0.25) is 4.79 Å². The Labute approximate surface area is 84.2 Å². The number of rotatable bonds is 4. The van der Waals surface area contributed by atoms with E-state index in [1.165, 1.54) is 12.7 Å². The second-order valence-corrected chi connectivity index (χ2v) is 3.07. The highest BCUT2D eigenvalue weighted by molar-refractivity contribution is 5.72. The van der Waals surface area contributed by atoms with Gasteiger partial charge < -0.3 is 4.74 Å². The van der Waals surface area contributed by atoms with E-state index in [1.807, 2.05) is 30.3 Å². The van der Waals surface area contributed by atoms with E-state index in [4.69, 9.17) is 0 Å². The number of allylic oxidation sites excluding steroid dienone is 1. The molecule has 0 radical (unpaired) electrons. The van der Waals surface area contributed by atoms with Crippen LogP contribution in [0.5, 0.6) is 0 Å². The number of hydrogen-bond donors (Lipinski definition) is 0. The number of carbonyl (C=O) groups is 1. The zero-order valence-electron chi connectivity index (χ0n) is 8.32. The first-order valence-electron chi connectivity index (χ1n) is 4.52. The fourth-order valence-electron chi connectivity index (χ4n) is 1.27. The number of carbonyl (C=O) groups excluding carboxylic acids is 1. The first kappa shape index (κ1) is 10.5. The average Bonchev–Trinajstić information content (AvgIpc) is 2.19. The Morgan fingerprint density at radius 1 is 1.50 bits per heavy atom. The molecular formula is C12H14O2. The van der Waals surface area contributed by atoms with Crippen molar-refractivity contribution < 1.29 is 9.53 Å². The van der Waals surface area contributed by atoms with Crippen LogP contribution >= 0.6 is 0 Å². The molecule has 0 bridgehead atoms. The van der Waals surface area contributed by atoms with Crippen molar-refractivity contribution in [2.75, 3.05) is 7.11 Å². The zero-order valence-corrected chi connectivity index (χ0v) is 8.32. The lowest BCUT2D eigenvalue weighted by Crippen LogP contribution is -2.04. The average molecular weight is 190 g/mol. The van der Waals surface area contributed by atoms with Gasteiger partial charge in [0.15, 0.2) is 0 Å². The Bertz CT molecular complexity index is 329. The monoisotopic (exact) mass is 190 g/mol. The lowest BCUT2D eigenvalue weighted by Gasteiger charge is -2.02. The molecule has 0 N–H and O–H groups in total. The maximum absolute atomic E-state index is 11.0. The van der Waals surface area contributed by atoms with Gasteiger partial charge in [0.05, 0.1) is 13.5 Å². The van der Waals surface area contributed by atoms with Crippen molar-refractivity contribution in [1.82, 2.24) is 0 Å². The third kappa shape index (κ3) is 3.05. The molecular weight excluding hydrogens is 176 g/mol. The van der Waals surface area contributed by atoms with Crippen LogP contribution in [0, 0.1) is 0 Å². The maximum Gasteiger partial charge on any atom is 0.309 e. The molecule has 0 heterocycles. The summed E-state index contributed by atoms with van der Waals surface area (Å²) < 4.78 is 4.59. The van der Waals surface area contributed by atoms with Gasteiger partial charge in [-0.25, -0.2) is 0 Å². The smallest absolute Gasteiger partial charge is 0.309 e. The number of ether oxygens (including phenoxy) is 1. The zero-order chi connectivity index (χ0) is 10.4. The molecule has 0 spiro atoms. The third-order valence-corrected chi connectivity index (χ3v) is 1.95. The molecule has 1 aromatic carbocycles. The SMILES string of the molecule is C=CCc1cccc(CC(=O)OC)c1. The topological polar surface area (TPSA) is 26.3 Å². The van der Waals surface area contributed by atoms with Crippen LogP contribution in [0.3, 0.4) is 0 Å². The van der Waals surface area contributed by atoms with Crippen LogP contribution in [0.4, 0.5) is 0 Å². The summed E-state index contributed by atoms with van der Waals surface area (Å²) in [7, 11) is 1.40. The van der Waals surface area contributed by atoms with Crippen LogP contribution in [0.25, 0.3) is 0 Å². The fraction of sp³-hybridized carbons (Fsp3) is 0.250. The minimum atomic E-state index is -0.208. The summed E-state index contributed by atoms with van der Waals surface area (Å²) in [5.74, 6) is -0.208. The van der Waals surface area contributed by atoms with Gasteiger partial charge in [0, 0.05) is 0 Å². The van der Waals surface area contributed by atoms with Crippen molar-refractivity contribution in [3.05, 3.63) is 48.0 Å². The first-order chi connectivity index (χ1) is 6.76. The van der Waals surface area contributed by atoms with E-state index in [9.17, 15) is 4.79 Å². The normalized spacial score (nSPS) is 9.50. The minimum absolute atomic E-state index is 0.208. The van der Waals surface area contributed by atoms with Crippen molar-refractivity contribution in [3.8, 4) is 0 Å². The first-order valence-corrected chi connectivity index (χ1v) is 4.52. The van der Waals surface area contributed by atoms with Crippen molar-refractivity contribution >= 4 is 5.97 Å². The summed E-state index contributed by atoms with van der Waals surface area (Å²) >= 11 is 0. The molecule has 2 nitrogen and oxygen atoms in total. The second kappa shape index (κ2) is 5.22. The molecule has 0 saturated heterocycles. The van der Waals surface area contributed by atoms with E-state index in [1.54, 1.807) is 0 Å². The van der Waals surface area contributed by atoms with Crippen molar-refractivity contribution in [2.45, 2.75) is 12.8 Å². The Balaban J connectivity index is 2.72. The van der Waals surface area contributed by atoms with Gasteiger partial charge in [0.1, 0.15) is 0 Å². The number of esters is 1. The summed E-state index contributed by atoms with van der Waals surface area (Å²) in [6, 6.07) is 7.88. The molecule has 1 aromatic rings. The lowest BCUT2D eigenvalue weighted by atomic mass is 10.1. The maximum atomic E-state index is 11.0. The van der Waals surface area contributed by atoms with Gasteiger partial charge in [0.25, 0.3) is 0 Å². The van der Waals surface area contributed by atoms with Crippen LogP contribution in [-0.2, 0) is 22.4 Å². The molecule has 0 fully saturated rings. The molecule has 0 amide bonds. The Kier molecular flexibility index (Phi) is 3.92. The summed E-state index contributed by atoms with van der Waals surface area (Å²) in [4.78, 5) is 11.0. The van der Waals surface area contributed by atoms with Gasteiger partial charge in [-0.05, 0) is 17.5 Å². The number of benzene rings is 1. The molecule has 0 aliphatic carbocycles. The van der Waals surface area contributed by atoms with Crippen LogP contribution in [-0.4, -0.2) is 13.1 Å². The largest absolute Gasteiger partial charge is 0.469 e. The number of methoxy groups -OCH3 is 1. The third-order valence-electron chi connectivity index (χ3n) is 1.95. The Hall–Kier alpha value is -1.57. The Morgan fingerprint density at radius 2 is 2.21 bits per heavy atom. The van der Waals surface area contributed by atoms with Crippen LogP contribution in [0.15, 0.2) is 36.9 Å². The van der Waals surface area contributed by atoms with Gasteiger partial charge in [-0.2, -0.15) is 0 Å². The van der Waals surface area contributed by atoms with Gasteiger partial charge in [0.2, 0.25) is 0 Å². The number of hydrogen-bond acceptors (Lipinski definition) is 2. The molecule has 0 atom stereocenters. The van der Waals surface area contributed by atoms with Crippen LogP contribution < -0.4 is 0 Å².